The predicted molar refractivity (Wildman–Crippen MR) is 133 cm³/mol. The zero-order chi connectivity index (χ0) is 22.7. The van der Waals surface area contributed by atoms with Gasteiger partial charge in [0.25, 0.3) is 0 Å². The normalized spacial score (nSPS) is 30.2. The van der Waals surface area contributed by atoms with Crippen LogP contribution in [0.25, 0.3) is 0 Å². The number of hydrogen-bond acceptors (Lipinski definition) is 6. The molecule has 0 spiro atoms. The summed E-state index contributed by atoms with van der Waals surface area (Å²) < 4.78 is 7.18. The Morgan fingerprint density at radius 1 is 1.12 bits per heavy atom. The van der Waals surface area contributed by atoms with Crippen LogP contribution < -0.4 is 9.77 Å². The number of morpholine rings is 1. The lowest BCUT2D eigenvalue weighted by Crippen LogP contribution is -2.43. The second-order valence-electron chi connectivity index (χ2n) is 10.1. The van der Waals surface area contributed by atoms with E-state index in [9.17, 15) is 9.59 Å². The molecule has 2 saturated carbocycles. The first-order valence-corrected chi connectivity index (χ1v) is 13.7. The average molecular weight is 486 g/mol. The number of carbonyl (C=O) groups excluding carboxylic acids is 1. The van der Waals surface area contributed by atoms with Gasteiger partial charge in [-0.25, -0.2) is 0 Å². The molecule has 1 aromatic carbocycles. The van der Waals surface area contributed by atoms with E-state index < -0.39 is 0 Å². The van der Waals surface area contributed by atoms with Gasteiger partial charge in [0.05, 0.1) is 18.2 Å². The minimum atomic E-state index is 0.0105. The Morgan fingerprint density at radius 3 is 2.58 bits per heavy atom. The summed E-state index contributed by atoms with van der Waals surface area (Å²) in [6.45, 7) is 2.53. The third-order valence-corrected chi connectivity index (χ3v) is 10.9. The standard InChI is InChI=1S/C25H31N3O3S2/c1-26(2)18-7-5-15(6-8-18)20-21-16-3-4-17(13-16)22(21)32-24-23(20)33-25(30)28(24)14-19(29)27-9-11-31-12-10-27/h5-8,16-17,20-22H,3-4,9-14H2,1-2H3. The van der Waals surface area contributed by atoms with Crippen molar-refractivity contribution in [3.63, 3.8) is 0 Å². The van der Waals surface area contributed by atoms with Gasteiger partial charge < -0.3 is 14.5 Å². The fraction of sp³-hybridized carbons (Fsp3) is 0.600. The maximum atomic E-state index is 13.2. The van der Waals surface area contributed by atoms with Crippen LogP contribution in [0.1, 0.15) is 35.6 Å². The molecule has 1 aromatic heterocycles. The van der Waals surface area contributed by atoms with Crippen LogP contribution in [0.3, 0.4) is 0 Å². The molecule has 6 nitrogen and oxygen atoms in total. The number of aromatic nitrogens is 1. The van der Waals surface area contributed by atoms with Crippen LogP contribution in [0, 0.1) is 17.8 Å². The van der Waals surface area contributed by atoms with Gasteiger partial charge in [-0.3, -0.25) is 14.2 Å². The topological polar surface area (TPSA) is 54.8 Å². The maximum absolute atomic E-state index is 13.2. The van der Waals surface area contributed by atoms with Gasteiger partial charge in [-0.1, -0.05) is 23.5 Å². The number of rotatable bonds is 4. The highest BCUT2D eigenvalue weighted by Crippen LogP contribution is 2.64. The molecule has 6 rings (SSSR count). The van der Waals surface area contributed by atoms with E-state index in [4.69, 9.17) is 4.74 Å². The molecule has 176 valence electrons. The minimum absolute atomic E-state index is 0.0105. The quantitative estimate of drug-likeness (QED) is 0.664. The molecule has 1 amide bonds. The minimum Gasteiger partial charge on any atom is -0.378 e. The zero-order valence-corrected chi connectivity index (χ0v) is 20.9. The summed E-state index contributed by atoms with van der Waals surface area (Å²) in [5, 5.41) is 1.61. The molecular weight excluding hydrogens is 454 g/mol. The first-order valence-electron chi connectivity index (χ1n) is 12.0. The van der Waals surface area contributed by atoms with E-state index in [2.05, 4.69) is 43.3 Å². The Balaban J connectivity index is 1.39. The smallest absolute Gasteiger partial charge is 0.308 e. The van der Waals surface area contributed by atoms with Crippen LogP contribution in [0.15, 0.2) is 34.1 Å². The van der Waals surface area contributed by atoms with Gasteiger partial charge in [-0.2, -0.15) is 0 Å². The lowest BCUT2D eigenvalue weighted by Gasteiger charge is -2.40. The summed E-state index contributed by atoms with van der Waals surface area (Å²) >= 11 is 3.28. The van der Waals surface area contributed by atoms with E-state index in [0.717, 1.165) is 16.9 Å². The second kappa shape index (κ2) is 8.47. The molecule has 0 N–H and O–H groups in total. The molecule has 33 heavy (non-hydrogen) atoms. The van der Waals surface area contributed by atoms with Crippen LogP contribution in [0.5, 0.6) is 0 Å². The van der Waals surface area contributed by atoms with Crippen molar-refractivity contribution in [3.8, 4) is 0 Å². The van der Waals surface area contributed by atoms with E-state index in [-0.39, 0.29) is 23.2 Å². The van der Waals surface area contributed by atoms with Crippen molar-refractivity contribution < 1.29 is 9.53 Å². The number of anilines is 1. The molecule has 2 aromatic rings. The number of thioether (sulfide) groups is 1. The van der Waals surface area contributed by atoms with Gasteiger partial charge in [0.1, 0.15) is 6.54 Å². The second-order valence-corrected chi connectivity index (χ2v) is 12.2. The number of nitrogens with zero attached hydrogens (tertiary/aromatic N) is 3. The number of hydrogen-bond donors (Lipinski definition) is 0. The Hall–Kier alpha value is -1.77. The molecule has 2 aliphatic heterocycles. The molecule has 0 radical (unpaired) electrons. The van der Waals surface area contributed by atoms with Crippen molar-refractivity contribution in [1.29, 1.82) is 0 Å². The number of thiazole rings is 1. The third kappa shape index (κ3) is 3.65. The molecule has 5 unspecified atom stereocenters. The number of amides is 1. The molecule has 3 fully saturated rings. The highest BCUT2D eigenvalue weighted by molar-refractivity contribution is 8.00. The third-order valence-electron chi connectivity index (χ3n) is 8.12. The number of ether oxygens (including phenoxy) is 1. The van der Waals surface area contributed by atoms with Crippen molar-refractivity contribution in [2.24, 2.45) is 17.8 Å². The zero-order valence-electron chi connectivity index (χ0n) is 19.2. The maximum Gasteiger partial charge on any atom is 0.308 e. The van der Waals surface area contributed by atoms with Gasteiger partial charge in [0, 0.05) is 48.9 Å². The number of benzene rings is 1. The lowest BCUT2D eigenvalue weighted by atomic mass is 9.75. The molecular formula is C25H31N3O3S2. The van der Waals surface area contributed by atoms with Crippen molar-refractivity contribution >= 4 is 34.7 Å². The molecule has 1 saturated heterocycles. The van der Waals surface area contributed by atoms with Gasteiger partial charge >= 0.3 is 4.87 Å². The highest BCUT2D eigenvalue weighted by Gasteiger charge is 2.55. The van der Waals surface area contributed by atoms with E-state index in [1.807, 2.05) is 16.7 Å². The van der Waals surface area contributed by atoms with E-state index in [1.165, 1.54) is 46.7 Å². The van der Waals surface area contributed by atoms with Gasteiger partial charge in [0.2, 0.25) is 5.91 Å². The molecule has 5 atom stereocenters. The van der Waals surface area contributed by atoms with Crippen molar-refractivity contribution in [2.45, 2.75) is 42.0 Å². The summed E-state index contributed by atoms with van der Waals surface area (Å²) in [6.07, 6.45) is 3.95. The fourth-order valence-electron chi connectivity index (χ4n) is 6.49. The molecule has 3 heterocycles. The largest absolute Gasteiger partial charge is 0.378 e. The van der Waals surface area contributed by atoms with Crippen LogP contribution >= 0.6 is 23.1 Å². The van der Waals surface area contributed by atoms with Crippen LogP contribution in [0.4, 0.5) is 5.69 Å². The Morgan fingerprint density at radius 2 is 1.85 bits per heavy atom. The van der Waals surface area contributed by atoms with Gasteiger partial charge in [-0.15, -0.1) is 11.8 Å². The number of fused-ring (bicyclic) bond motifs is 6. The van der Waals surface area contributed by atoms with E-state index in [0.29, 0.717) is 37.5 Å². The average Bonchev–Trinajstić information content (AvgIpc) is 3.53. The van der Waals surface area contributed by atoms with Gasteiger partial charge in [0.15, 0.2) is 0 Å². The van der Waals surface area contributed by atoms with E-state index in [1.54, 1.807) is 4.57 Å². The van der Waals surface area contributed by atoms with Crippen LogP contribution in [-0.4, -0.2) is 61.0 Å². The first kappa shape index (κ1) is 21.7. The Bertz CT molecular complexity index is 1100. The molecule has 2 bridgehead atoms. The van der Waals surface area contributed by atoms with Crippen LogP contribution in [0.2, 0.25) is 0 Å². The summed E-state index contributed by atoms with van der Waals surface area (Å²) in [6, 6.07) is 8.91. The fourth-order valence-corrected chi connectivity index (χ4v) is 9.64. The van der Waals surface area contributed by atoms with E-state index >= 15 is 0 Å². The van der Waals surface area contributed by atoms with Crippen molar-refractivity contribution in [1.82, 2.24) is 9.47 Å². The molecule has 8 heteroatoms. The summed E-state index contributed by atoms with van der Waals surface area (Å²) in [4.78, 5) is 31.4. The monoisotopic (exact) mass is 485 g/mol. The first-order chi connectivity index (χ1) is 16.0. The SMILES string of the molecule is CN(C)c1ccc(C2c3sc(=O)n(CC(=O)N4CCOCC4)c3SC3C4CCC(C4)C23)cc1. The molecule has 4 aliphatic rings. The van der Waals surface area contributed by atoms with Gasteiger partial charge in [-0.05, 0) is 54.7 Å². The summed E-state index contributed by atoms with van der Waals surface area (Å²) in [7, 11) is 4.13. The van der Waals surface area contributed by atoms with Crippen molar-refractivity contribution in [2.75, 3.05) is 45.3 Å². The lowest BCUT2D eigenvalue weighted by molar-refractivity contribution is -0.136. The van der Waals surface area contributed by atoms with Crippen LogP contribution in [-0.2, 0) is 16.1 Å². The predicted octanol–water partition coefficient (Wildman–Crippen LogP) is 3.49. The highest BCUT2D eigenvalue weighted by atomic mass is 32.2. The summed E-state index contributed by atoms with van der Waals surface area (Å²) in [5.41, 5.74) is 2.51. The Kier molecular flexibility index (Phi) is 5.58. The molecule has 2 aliphatic carbocycles. The Labute approximate surface area is 202 Å². The summed E-state index contributed by atoms with van der Waals surface area (Å²) in [5.74, 6) is 2.37. The van der Waals surface area contributed by atoms with Crippen molar-refractivity contribution in [3.05, 3.63) is 44.4 Å². The number of carbonyl (C=O) groups is 1.